The molecule has 1 N–H and O–H groups in total. The van der Waals surface area contributed by atoms with Gasteiger partial charge in [0.05, 0.1) is 12.1 Å². The normalized spacial score (nSPS) is 11.6. The average molecular weight is 422 g/mol. The van der Waals surface area contributed by atoms with Gasteiger partial charge < -0.3 is 14.1 Å². The van der Waals surface area contributed by atoms with E-state index in [1.54, 1.807) is 12.3 Å². The summed E-state index contributed by atoms with van der Waals surface area (Å²) in [5, 5.41) is 10.4. The molecule has 0 aliphatic rings. The molecule has 0 amide bonds. The van der Waals surface area contributed by atoms with Crippen LogP contribution in [0.4, 0.5) is 8.78 Å². The second-order valence-corrected chi connectivity index (χ2v) is 7.75. The number of rotatable bonds is 5. The monoisotopic (exact) mass is 422 g/mol. The van der Waals surface area contributed by atoms with E-state index in [0.29, 0.717) is 12.1 Å². The first-order chi connectivity index (χ1) is 14.7. The molecule has 2 aromatic heterocycles. The zero-order valence-electron chi connectivity index (χ0n) is 17.0. The van der Waals surface area contributed by atoms with E-state index in [0.717, 1.165) is 17.7 Å². The first kappa shape index (κ1) is 20.7. The number of nitrogens with zero attached hydrogens (tertiary/aromatic N) is 2. The largest absolute Gasteiger partial charge is 0.437 e. The Hall–Kier alpha value is -3.58. The Morgan fingerprint density at radius 1 is 1.06 bits per heavy atom. The minimum atomic E-state index is -1.43. The smallest absolute Gasteiger partial charge is 0.250 e. The maximum absolute atomic E-state index is 14.5. The van der Waals surface area contributed by atoms with Crippen molar-refractivity contribution in [3.8, 4) is 22.6 Å². The van der Waals surface area contributed by atoms with Gasteiger partial charge in [0.25, 0.3) is 5.56 Å². The summed E-state index contributed by atoms with van der Waals surface area (Å²) < 4.78 is 35.2. The highest BCUT2D eigenvalue weighted by molar-refractivity contribution is 5.77. The fourth-order valence-corrected chi connectivity index (χ4v) is 3.21. The summed E-state index contributed by atoms with van der Waals surface area (Å²) >= 11 is 0. The van der Waals surface area contributed by atoms with Crippen LogP contribution in [0, 0.1) is 11.6 Å². The SMILES string of the molecule is CC(C)(O)c1nc(-c2ccc(=O)n(Cc3ccccc3)c2)c(-c2ccc(F)cc2F)o1. The first-order valence-corrected chi connectivity index (χ1v) is 9.66. The summed E-state index contributed by atoms with van der Waals surface area (Å²) in [4.78, 5) is 16.8. The molecule has 5 nitrogen and oxygen atoms in total. The van der Waals surface area contributed by atoms with Crippen molar-refractivity contribution in [2.24, 2.45) is 0 Å². The fourth-order valence-electron chi connectivity index (χ4n) is 3.21. The van der Waals surface area contributed by atoms with Crippen molar-refractivity contribution in [1.82, 2.24) is 9.55 Å². The second-order valence-electron chi connectivity index (χ2n) is 7.75. The Balaban J connectivity index is 1.86. The summed E-state index contributed by atoms with van der Waals surface area (Å²) in [6.07, 6.45) is 1.60. The Labute approximate surface area is 177 Å². The highest BCUT2D eigenvalue weighted by Crippen LogP contribution is 2.36. The Kier molecular flexibility index (Phi) is 5.29. The van der Waals surface area contributed by atoms with Crippen molar-refractivity contribution in [3.63, 3.8) is 0 Å². The molecule has 0 bridgehead atoms. The van der Waals surface area contributed by atoms with Gasteiger partial charge in [0, 0.05) is 23.9 Å². The molecule has 2 heterocycles. The molecule has 0 fully saturated rings. The van der Waals surface area contributed by atoms with Crippen LogP contribution in [0.15, 0.2) is 76.1 Å². The van der Waals surface area contributed by atoms with Gasteiger partial charge in [-0.2, -0.15) is 0 Å². The predicted octanol–water partition coefficient (Wildman–Crippen LogP) is 4.72. The summed E-state index contributed by atoms with van der Waals surface area (Å²) in [6.45, 7) is 3.32. The molecule has 4 aromatic rings. The number of hydrogen-bond donors (Lipinski definition) is 1. The van der Waals surface area contributed by atoms with Crippen LogP contribution in [-0.2, 0) is 12.1 Å². The van der Waals surface area contributed by atoms with E-state index in [1.807, 2.05) is 30.3 Å². The third kappa shape index (κ3) is 4.32. The van der Waals surface area contributed by atoms with E-state index in [9.17, 15) is 18.7 Å². The topological polar surface area (TPSA) is 68.3 Å². The summed E-state index contributed by atoms with van der Waals surface area (Å²) in [6, 6.07) is 15.5. The molecule has 0 saturated carbocycles. The van der Waals surface area contributed by atoms with E-state index in [-0.39, 0.29) is 28.5 Å². The number of benzene rings is 2. The maximum atomic E-state index is 14.5. The highest BCUT2D eigenvalue weighted by atomic mass is 19.1. The van der Waals surface area contributed by atoms with Gasteiger partial charge in [-0.05, 0) is 37.6 Å². The molecular weight excluding hydrogens is 402 g/mol. The number of hydrogen-bond acceptors (Lipinski definition) is 4. The molecule has 0 atom stereocenters. The van der Waals surface area contributed by atoms with Gasteiger partial charge in [0.1, 0.15) is 22.9 Å². The first-order valence-electron chi connectivity index (χ1n) is 9.66. The molecule has 0 aliphatic heterocycles. The lowest BCUT2D eigenvalue weighted by Crippen LogP contribution is -2.19. The van der Waals surface area contributed by atoms with Crippen LogP contribution in [0.2, 0.25) is 0 Å². The number of aliphatic hydroxyl groups is 1. The van der Waals surface area contributed by atoms with Crippen molar-refractivity contribution in [3.05, 3.63) is 100 Å². The molecule has 0 aliphatic carbocycles. The van der Waals surface area contributed by atoms with Gasteiger partial charge >= 0.3 is 0 Å². The van der Waals surface area contributed by atoms with E-state index in [1.165, 1.54) is 30.5 Å². The second kappa shape index (κ2) is 7.92. The molecule has 0 spiro atoms. The lowest BCUT2D eigenvalue weighted by atomic mass is 10.1. The number of halogens is 2. The Morgan fingerprint density at radius 3 is 2.48 bits per heavy atom. The third-order valence-corrected chi connectivity index (χ3v) is 4.78. The van der Waals surface area contributed by atoms with Gasteiger partial charge in [-0.3, -0.25) is 4.79 Å². The summed E-state index contributed by atoms with van der Waals surface area (Å²) in [7, 11) is 0. The number of pyridine rings is 1. The van der Waals surface area contributed by atoms with Crippen molar-refractivity contribution in [2.75, 3.05) is 0 Å². The maximum Gasteiger partial charge on any atom is 0.250 e. The zero-order chi connectivity index (χ0) is 22.2. The molecule has 2 aromatic carbocycles. The van der Waals surface area contributed by atoms with Crippen molar-refractivity contribution >= 4 is 0 Å². The molecule has 7 heteroatoms. The molecule has 0 saturated heterocycles. The molecule has 4 rings (SSSR count). The minimum Gasteiger partial charge on any atom is -0.437 e. The van der Waals surface area contributed by atoms with Gasteiger partial charge in [-0.1, -0.05) is 30.3 Å². The van der Waals surface area contributed by atoms with Crippen molar-refractivity contribution in [2.45, 2.75) is 26.0 Å². The average Bonchev–Trinajstić information content (AvgIpc) is 3.16. The predicted molar refractivity (Wildman–Crippen MR) is 112 cm³/mol. The van der Waals surface area contributed by atoms with E-state index in [4.69, 9.17) is 4.42 Å². The van der Waals surface area contributed by atoms with Crippen molar-refractivity contribution < 1.29 is 18.3 Å². The summed E-state index contributed by atoms with van der Waals surface area (Å²) in [5.74, 6) is -1.53. The van der Waals surface area contributed by atoms with E-state index in [2.05, 4.69) is 4.98 Å². The molecule has 158 valence electrons. The quantitative estimate of drug-likeness (QED) is 0.505. The Morgan fingerprint density at radius 2 is 1.81 bits per heavy atom. The summed E-state index contributed by atoms with van der Waals surface area (Å²) in [5.41, 5.74) is 0.0255. The molecule has 0 unspecified atom stereocenters. The number of aromatic nitrogens is 2. The van der Waals surface area contributed by atoms with E-state index >= 15 is 0 Å². The van der Waals surface area contributed by atoms with Gasteiger partial charge in [-0.25, -0.2) is 13.8 Å². The fraction of sp³-hybridized carbons (Fsp3) is 0.167. The van der Waals surface area contributed by atoms with Gasteiger partial charge in [0.15, 0.2) is 5.76 Å². The lowest BCUT2D eigenvalue weighted by Gasteiger charge is -2.11. The lowest BCUT2D eigenvalue weighted by molar-refractivity contribution is 0.0490. The van der Waals surface area contributed by atoms with Crippen LogP contribution in [0.1, 0.15) is 25.3 Å². The van der Waals surface area contributed by atoms with Crippen molar-refractivity contribution in [1.29, 1.82) is 0 Å². The number of oxazole rings is 1. The Bertz CT molecular complexity index is 1290. The molecule has 31 heavy (non-hydrogen) atoms. The minimum absolute atomic E-state index is 0.000194. The van der Waals surface area contributed by atoms with Crippen LogP contribution < -0.4 is 5.56 Å². The van der Waals surface area contributed by atoms with Gasteiger partial charge in [0.2, 0.25) is 5.89 Å². The standard InChI is InChI=1S/C24H20F2N2O3/c1-24(2,30)23-27-21(22(31-23)18-10-9-17(25)12-19(18)26)16-8-11-20(29)28(14-16)13-15-6-4-3-5-7-15/h3-12,14,30H,13H2,1-2H3. The van der Waals surface area contributed by atoms with Gasteiger partial charge in [-0.15, -0.1) is 0 Å². The van der Waals surface area contributed by atoms with Crippen LogP contribution >= 0.6 is 0 Å². The van der Waals surface area contributed by atoms with E-state index < -0.39 is 17.2 Å². The molecule has 0 radical (unpaired) electrons. The molecular formula is C24H20F2N2O3. The van der Waals surface area contributed by atoms with Crippen LogP contribution in [-0.4, -0.2) is 14.7 Å². The highest BCUT2D eigenvalue weighted by Gasteiger charge is 2.28. The third-order valence-electron chi connectivity index (χ3n) is 4.78. The zero-order valence-corrected chi connectivity index (χ0v) is 17.0. The van der Waals surface area contributed by atoms with Crippen LogP contribution in [0.3, 0.4) is 0 Å². The van der Waals surface area contributed by atoms with Crippen LogP contribution in [0.25, 0.3) is 22.6 Å². The van der Waals surface area contributed by atoms with Crippen LogP contribution in [0.5, 0.6) is 0 Å².